The fourth-order valence-electron chi connectivity index (χ4n) is 16.7. The average Bonchev–Trinajstić information content (AvgIpc) is 1.53. The highest BCUT2D eigenvalue weighted by Crippen LogP contribution is 2.62. The number of hydrogen-bond acceptors (Lipinski definition) is 18. The number of nitrogens with one attached hydrogen (secondary N) is 5. The van der Waals surface area contributed by atoms with Crippen molar-refractivity contribution >= 4 is 60.2 Å². The van der Waals surface area contributed by atoms with Crippen molar-refractivity contribution in [2.75, 3.05) is 13.2 Å². The maximum Gasteiger partial charge on any atom is 0.472 e. The average molecular weight is 1280 g/mol. The van der Waals surface area contributed by atoms with E-state index in [4.69, 9.17) is 48.2 Å². The van der Waals surface area contributed by atoms with Gasteiger partial charge in [-0.25, -0.2) is 9.55 Å². The van der Waals surface area contributed by atoms with Crippen LogP contribution in [-0.2, 0) is 51.9 Å². The van der Waals surface area contributed by atoms with Gasteiger partial charge >= 0.3 is 7.82 Å². The van der Waals surface area contributed by atoms with E-state index >= 15 is 0 Å². The Bertz CT molecular complexity index is 3330. The summed E-state index contributed by atoms with van der Waals surface area (Å²) in [5.74, 6) is -6.23. The van der Waals surface area contributed by atoms with Gasteiger partial charge in [0, 0.05) is 120 Å². The molecule has 28 heteroatoms. The maximum absolute atomic E-state index is 14.4. The molecule has 7 heterocycles. The number of phosphoric acid groups is 1. The number of aliphatic hydroxyl groups is 2. The molecule has 6 aliphatic heterocycles. The summed E-state index contributed by atoms with van der Waals surface area (Å²) in [6.45, 7) is 20.1. The van der Waals surface area contributed by atoms with Crippen LogP contribution in [0.5, 0.6) is 0 Å². The van der Waals surface area contributed by atoms with Crippen LogP contribution in [-0.4, -0.2) is 133 Å². The van der Waals surface area contributed by atoms with Crippen molar-refractivity contribution in [1.82, 2.24) is 36.1 Å². The molecular weight excluding hydrogens is 1180 g/mol. The van der Waals surface area contributed by atoms with Crippen molar-refractivity contribution in [3.8, 4) is 0 Å². The number of nitrogens with zero attached hydrogens (tertiary/aromatic N) is 2. The lowest BCUT2D eigenvalue weighted by atomic mass is 9.56. The van der Waals surface area contributed by atoms with Crippen LogP contribution in [0.15, 0.2) is 52.8 Å². The SMILES string of the molecule is C/C1=C2/NC(/C=C3\N/C(=C(/C)C4N[C@H]([C@H](CC(N)=O)[C@@]4(C)CCC(=O)NC[C@@H](C)OP(=O)(O)O[C@H]4[C@@H](O)[C@@H](n5cnc6cc(C)c(C)cc65)O[C@@H]4CO)[C@]4(C)NC1[C@@H](CCC(N)=O)[C@]4(C)CC(N)=O)[C@@H](CCC(N)=O)C3(C)C)[C@@H](CCC(N)=O)[C@]2(C)CC(N)=O. The van der Waals surface area contributed by atoms with Gasteiger partial charge in [0.25, 0.3) is 0 Å². The van der Waals surface area contributed by atoms with Gasteiger partial charge in [0.2, 0.25) is 41.4 Å². The zero-order chi connectivity index (χ0) is 66.7. The Kier molecular flexibility index (Phi) is 20.1. The standard InChI is InChI=1S/C62H96N13O14P/c1-29-20-39-40(21-30(29)2)75(28-70-39)57-52(84)53(41(27-76)87-57)89-90(85,86)88-31(3)26-69-49(83)18-19-59(8)37(22-46(66)80)56-62(11)61(10,25-48(68)82)36(14-17-45(65)79)51(74-62)33(5)55-60(9,24-47(67)81)34(12-15-43(63)77)38(71-55)23-42-58(6,7)35(13-16-44(64)78)50(72-42)32(4)54(59)73-56/h20-21,23,28,31,34-38,41,51-54,56-57,71-74,76,84H,12-19,22,24-27H2,1-11H3,(H2,63,77)(H2,64,78)(H2,65,79)(H2,66,80)(H2,67,81)(H2,68,82)(H,69,83)(H,85,86)/b42-23-,50-32-,55-33-/t31-,34-,35-,36-,37+,38?,41-,51?,52-,53-,54?,56-,57+,59-,60+,61+,62+/m1/s1. The molecule has 7 amide bonds. The quantitative estimate of drug-likeness (QED) is 0.0596. The molecule has 498 valence electrons. The van der Waals surface area contributed by atoms with Crippen molar-refractivity contribution in [1.29, 1.82) is 0 Å². The number of aryl methyl sites for hydroxylation is 2. The highest BCUT2D eigenvalue weighted by Gasteiger charge is 2.69. The molecule has 18 atom stereocenters. The molecule has 1 aromatic carbocycles. The van der Waals surface area contributed by atoms with Crippen molar-refractivity contribution < 1.29 is 67.0 Å². The first-order valence-electron chi connectivity index (χ1n) is 31.1. The first-order valence-corrected chi connectivity index (χ1v) is 32.6. The topological polar surface area (TPSA) is 459 Å². The third-order valence-electron chi connectivity index (χ3n) is 21.7. The molecule has 90 heavy (non-hydrogen) atoms. The summed E-state index contributed by atoms with van der Waals surface area (Å²) in [6, 6.07) is 1.05. The van der Waals surface area contributed by atoms with Crippen LogP contribution < -0.4 is 61.0 Å². The van der Waals surface area contributed by atoms with Crippen LogP contribution in [0.1, 0.15) is 150 Å². The van der Waals surface area contributed by atoms with Gasteiger partial charge in [-0.3, -0.25) is 42.6 Å². The molecule has 4 unspecified atom stereocenters. The summed E-state index contributed by atoms with van der Waals surface area (Å²) >= 11 is 0. The fourth-order valence-corrected chi connectivity index (χ4v) is 17.8. The molecule has 6 aliphatic rings. The molecular formula is C62H96N13O14P. The number of carbonyl (C=O) groups excluding carboxylic acids is 7. The van der Waals surface area contributed by atoms with E-state index in [-0.39, 0.29) is 70.8 Å². The van der Waals surface area contributed by atoms with Gasteiger partial charge in [-0.2, -0.15) is 0 Å². The van der Waals surface area contributed by atoms with Crippen LogP contribution in [0.2, 0.25) is 0 Å². The van der Waals surface area contributed by atoms with Crippen LogP contribution in [0.25, 0.3) is 11.0 Å². The van der Waals surface area contributed by atoms with E-state index in [9.17, 15) is 53.2 Å². The van der Waals surface area contributed by atoms with Crippen LogP contribution in [0, 0.1) is 59.2 Å². The minimum absolute atomic E-state index is 0.0135. The van der Waals surface area contributed by atoms with Gasteiger partial charge in [0.1, 0.15) is 18.3 Å². The molecule has 5 saturated heterocycles. The molecule has 27 nitrogen and oxygen atoms in total. The Balaban J connectivity index is 1.17. The minimum atomic E-state index is -5.05. The maximum atomic E-state index is 14.4. The number of rotatable bonds is 26. The summed E-state index contributed by atoms with van der Waals surface area (Å²) in [7, 11) is -5.05. The Hall–Kier alpha value is -6.29. The molecule has 1 aromatic heterocycles. The first kappa shape index (κ1) is 69.6. The minimum Gasteiger partial charge on any atom is -0.394 e. The number of fused-ring (bicyclic) bond motifs is 10. The predicted molar refractivity (Wildman–Crippen MR) is 332 cm³/mol. The molecule has 0 radical (unpaired) electrons. The van der Waals surface area contributed by atoms with Crippen LogP contribution in [0.3, 0.4) is 0 Å². The number of aliphatic hydroxyl groups excluding tert-OH is 2. The zero-order valence-electron chi connectivity index (χ0n) is 53.6. The number of nitrogens with two attached hydrogens (primary N) is 6. The largest absolute Gasteiger partial charge is 0.472 e. The molecule has 0 saturated carbocycles. The van der Waals surface area contributed by atoms with Crippen LogP contribution >= 0.6 is 7.82 Å². The molecule has 20 N–H and O–H groups in total. The summed E-state index contributed by atoms with van der Waals surface area (Å²) < 4.78 is 32.3. The third-order valence-corrected chi connectivity index (χ3v) is 22.8. The second-order valence-corrected chi connectivity index (χ2v) is 29.3. The van der Waals surface area contributed by atoms with E-state index < -0.39 is 161 Å². The number of hydrogen-bond donors (Lipinski definition) is 14. The number of carbonyl (C=O) groups is 7. The monoisotopic (exact) mass is 1280 g/mol. The van der Waals surface area contributed by atoms with Gasteiger partial charge in [-0.15, -0.1) is 0 Å². The normalized spacial score (nSPS) is 36.8. The molecule has 2 aromatic rings. The van der Waals surface area contributed by atoms with Gasteiger partial charge in [0.05, 0.1) is 30.1 Å². The van der Waals surface area contributed by atoms with Crippen LogP contribution in [0.4, 0.5) is 0 Å². The third kappa shape index (κ3) is 13.2. The van der Waals surface area contributed by atoms with Gasteiger partial charge < -0.3 is 85.4 Å². The van der Waals surface area contributed by atoms with Crippen molar-refractivity contribution in [3.05, 3.63) is 63.9 Å². The number of phosphoric ester groups is 1. The van der Waals surface area contributed by atoms with Gasteiger partial charge in [-0.05, 0) is 131 Å². The predicted octanol–water partition coefficient (Wildman–Crippen LogP) is 1.71. The van der Waals surface area contributed by atoms with Crippen molar-refractivity contribution in [3.63, 3.8) is 0 Å². The number of amides is 7. The number of benzene rings is 1. The van der Waals surface area contributed by atoms with E-state index in [1.165, 1.54) is 13.3 Å². The Morgan fingerprint density at radius 2 is 1.42 bits per heavy atom. The highest BCUT2D eigenvalue weighted by atomic mass is 31.2. The smallest absolute Gasteiger partial charge is 0.394 e. The number of allylic oxidation sites excluding steroid dienone is 3. The number of ether oxygens (including phenoxy) is 1. The molecule has 0 spiro atoms. The molecule has 0 aliphatic carbocycles. The molecule has 8 rings (SSSR count). The molecule has 8 bridgehead atoms. The number of aromatic nitrogens is 2. The van der Waals surface area contributed by atoms with E-state index in [0.717, 1.165) is 33.7 Å². The van der Waals surface area contributed by atoms with Gasteiger partial charge in [-0.1, -0.05) is 34.6 Å². The summed E-state index contributed by atoms with van der Waals surface area (Å²) in [5.41, 5.74) is 38.0. The highest BCUT2D eigenvalue weighted by molar-refractivity contribution is 7.47. The van der Waals surface area contributed by atoms with Crippen molar-refractivity contribution in [2.45, 2.75) is 207 Å². The van der Waals surface area contributed by atoms with Gasteiger partial charge in [0.15, 0.2) is 6.23 Å². The lowest BCUT2D eigenvalue weighted by molar-refractivity contribution is -0.124. The number of imidazole rings is 1. The lowest BCUT2D eigenvalue weighted by Crippen LogP contribution is -2.64. The number of primary amides is 6. The molecule has 5 fully saturated rings. The Morgan fingerprint density at radius 3 is 2.02 bits per heavy atom. The van der Waals surface area contributed by atoms with E-state index in [0.29, 0.717) is 23.2 Å². The summed E-state index contributed by atoms with van der Waals surface area (Å²) in [6.07, 6.45) is -3.15. The van der Waals surface area contributed by atoms with E-state index in [1.807, 2.05) is 67.5 Å². The Morgan fingerprint density at radius 1 is 0.811 bits per heavy atom. The van der Waals surface area contributed by atoms with E-state index in [1.54, 1.807) is 4.57 Å². The summed E-state index contributed by atoms with van der Waals surface area (Å²) in [4.78, 5) is 109. The zero-order valence-corrected chi connectivity index (χ0v) is 54.5. The fraction of sp³-hybridized carbons (Fsp3) is 0.677. The Labute approximate surface area is 525 Å². The second kappa shape index (κ2) is 26.0. The van der Waals surface area contributed by atoms with E-state index in [2.05, 4.69) is 51.5 Å². The van der Waals surface area contributed by atoms with Crippen molar-refractivity contribution in [2.24, 2.45) is 79.7 Å². The summed E-state index contributed by atoms with van der Waals surface area (Å²) in [5, 5.41) is 40.2. The first-order chi connectivity index (χ1) is 41.8. The second-order valence-electron chi connectivity index (χ2n) is 27.9. The lowest BCUT2D eigenvalue weighted by Gasteiger charge is -2.49.